The number of aromatic nitrogens is 1. The minimum Gasteiger partial charge on any atom is -0.392 e. The molecule has 0 radical (unpaired) electrons. The van der Waals surface area contributed by atoms with Gasteiger partial charge in [0.1, 0.15) is 6.54 Å². The molecule has 4 nitrogen and oxygen atoms in total. The van der Waals surface area contributed by atoms with Crippen molar-refractivity contribution in [1.82, 2.24) is 4.57 Å². The third-order valence-corrected chi connectivity index (χ3v) is 2.66. The van der Waals surface area contributed by atoms with Gasteiger partial charge in [0.2, 0.25) is 5.91 Å². The minimum absolute atomic E-state index is 0.0249. The Morgan fingerprint density at radius 2 is 2.22 bits per heavy atom. The fourth-order valence-corrected chi connectivity index (χ4v) is 1.81. The van der Waals surface area contributed by atoms with Gasteiger partial charge in [-0.1, -0.05) is 17.7 Å². The monoisotopic (exact) mass is 264 g/mol. The second-order valence-electron chi connectivity index (χ2n) is 3.91. The van der Waals surface area contributed by atoms with Crippen molar-refractivity contribution in [2.24, 2.45) is 0 Å². The van der Waals surface area contributed by atoms with Crippen LogP contribution >= 0.6 is 11.6 Å². The van der Waals surface area contributed by atoms with E-state index in [1.54, 1.807) is 47.3 Å². The Balaban J connectivity index is 1.96. The summed E-state index contributed by atoms with van der Waals surface area (Å²) in [7, 11) is 0. The van der Waals surface area contributed by atoms with E-state index in [4.69, 9.17) is 16.7 Å². The summed E-state index contributed by atoms with van der Waals surface area (Å²) in [5, 5.41) is 12.3. The molecule has 2 N–H and O–H groups in total. The predicted octanol–water partition coefficient (Wildman–Crippen LogP) is 2.27. The van der Waals surface area contributed by atoms with Gasteiger partial charge in [0, 0.05) is 23.1 Å². The molecule has 1 aromatic heterocycles. The molecule has 0 fully saturated rings. The molecule has 94 valence electrons. The van der Waals surface area contributed by atoms with Crippen molar-refractivity contribution in [1.29, 1.82) is 0 Å². The number of carbonyl (C=O) groups is 1. The highest BCUT2D eigenvalue weighted by Crippen LogP contribution is 2.14. The Labute approximate surface area is 110 Å². The average Bonchev–Trinajstić information content (AvgIpc) is 2.76. The van der Waals surface area contributed by atoms with Gasteiger partial charge in [-0.05, 0) is 29.8 Å². The first kappa shape index (κ1) is 12.7. The molecular formula is C13H13ClN2O2. The van der Waals surface area contributed by atoms with Crippen LogP contribution in [0.2, 0.25) is 5.02 Å². The van der Waals surface area contributed by atoms with Crippen molar-refractivity contribution < 1.29 is 9.90 Å². The molecule has 1 heterocycles. The van der Waals surface area contributed by atoms with E-state index in [1.807, 2.05) is 0 Å². The summed E-state index contributed by atoms with van der Waals surface area (Å²) in [6.07, 6.45) is 3.49. The average molecular weight is 265 g/mol. The largest absolute Gasteiger partial charge is 0.392 e. The summed E-state index contributed by atoms with van der Waals surface area (Å²) in [5.74, 6) is -0.141. The third kappa shape index (κ3) is 3.35. The Bertz CT molecular complexity index is 551. The van der Waals surface area contributed by atoms with Crippen LogP contribution in [0.5, 0.6) is 0 Å². The molecule has 1 aromatic carbocycles. The highest BCUT2D eigenvalue weighted by Gasteiger charge is 2.04. The van der Waals surface area contributed by atoms with Gasteiger partial charge in [-0.3, -0.25) is 4.79 Å². The molecule has 0 aliphatic carbocycles. The number of aliphatic hydroxyl groups is 1. The van der Waals surface area contributed by atoms with Crippen molar-refractivity contribution in [3.05, 3.63) is 53.3 Å². The van der Waals surface area contributed by atoms with E-state index in [9.17, 15) is 4.79 Å². The van der Waals surface area contributed by atoms with Gasteiger partial charge >= 0.3 is 0 Å². The van der Waals surface area contributed by atoms with Gasteiger partial charge < -0.3 is 15.0 Å². The van der Waals surface area contributed by atoms with Gasteiger partial charge in [0.15, 0.2) is 0 Å². The van der Waals surface area contributed by atoms with Gasteiger partial charge in [-0.2, -0.15) is 0 Å². The van der Waals surface area contributed by atoms with Crippen LogP contribution in [-0.2, 0) is 17.9 Å². The Morgan fingerprint density at radius 3 is 2.89 bits per heavy atom. The van der Waals surface area contributed by atoms with E-state index in [-0.39, 0.29) is 19.1 Å². The van der Waals surface area contributed by atoms with E-state index in [0.717, 1.165) is 5.56 Å². The van der Waals surface area contributed by atoms with Crippen LogP contribution in [0.1, 0.15) is 5.56 Å². The fraction of sp³-hybridized carbons (Fsp3) is 0.154. The van der Waals surface area contributed by atoms with Crippen LogP contribution in [-0.4, -0.2) is 15.6 Å². The number of carbonyl (C=O) groups excluding carboxylic acids is 1. The number of hydrogen-bond acceptors (Lipinski definition) is 2. The van der Waals surface area contributed by atoms with Crippen molar-refractivity contribution >= 4 is 23.2 Å². The van der Waals surface area contributed by atoms with Crippen LogP contribution < -0.4 is 5.32 Å². The fourth-order valence-electron chi connectivity index (χ4n) is 1.61. The normalized spacial score (nSPS) is 10.3. The maximum atomic E-state index is 11.8. The molecule has 0 aliphatic heterocycles. The van der Waals surface area contributed by atoms with Crippen LogP contribution in [0.4, 0.5) is 5.69 Å². The molecule has 1 amide bonds. The molecule has 0 unspecified atom stereocenters. The van der Waals surface area contributed by atoms with E-state index in [2.05, 4.69) is 5.32 Å². The zero-order chi connectivity index (χ0) is 13.0. The quantitative estimate of drug-likeness (QED) is 0.890. The van der Waals surface area contributed by atoms with Crippen LogP contribution in [0.3, 0.4) is 0 Å². The number of aliphatic hydroxyl groups excluding tert-OH is 1. The molecule has 2 rings (SSSR count). The molecule has 0 saturated heterocycles. The lowest BCUT2D eigenvalue weighted by Gasteiger charge is -2.06. The van der Waals surface area contributed by atoms with Crippen molar-refractivity contribution in [3.8, 4) is 0 Å². The number of hydrogen-bond donors (Lipinski definition) is 2. The molecule has 5 heteroatoms. The van der Waals surface area contributed by atoms with Gasteiger partial charge in [0.25, 0.3) is 0 Å². The Hall–Kier alpha value is -1.78. The van der Waals surface area contributed by atoms with Gasteiger partial charge in [-0.25, -0.2) is 0 Å². The van der Waals surface area contributed by atoms with Gasteiger partial charge in [-0.15, -0.1) is 0 Å². The minimum atomic E-state index is -0.141. The number of rotatable bonds is 4. The van der Waals surface area contributed by atoms with Gasteiger partial charge in [0.05, 0.1) is 6.61 Å². The van der Waals surface area contributed by atoms with Crippen molar-refractivity contribution in [2.75, 3.05) is 5.32 Å². The predicted molar refractivity (Wildman–Crippen MR) is 70.4 cm³/mol. The first-order chi connectivity index (χ1) is 8.67. The lowest BCUT2D eigenvalue weighted by Crippen LogP contribution is -2.17. The van der Waals surface area contributed by atoms with E-state index >= 15 is 0 Å². The number of anilines is 1. The molecule has 0 saturated carbocycles. The lowest BCUT2D eigenvalue weighted by molar-refractivity contribution is -0.116. The maximum absolute atomic E-state index is 11.8. The number of nitrogens with one attached hydrogen (secondary N) is 1. The molecule has 0 aliphatic rings. The topological polar surface area (TPSA) is 54.3 Å². The van der Waals surface area contributed by atoms with E-state index < -0.39 is 0 Å². The van der Waals surface area contributed by atoms with E-state index in [1.165, 1.54) is 0 Å². The van der Waals surface area contributed by atoms with E-state index in [0.29, 0.717) is 10.7 Å². The number of amides is 1. The summed E-state index contributed by atoms with van der Waals surface area (Å²) in [4.78, 5) is 11.8. The summed E-state index contributed by atoms with van der Waals surface area (Å²) in [6, 6.07) is 8.76. The maximum Gasteiger partial charge on any atom is 0.244 e. The first-order valence-corrected chi connectivity index (χ1v) is 5.86. The lowest BCUT2D eigenvalue weighted by atomic mass is 10.3. The number of nitrogens with zero attached hydrogens (tertiary/aromatic N) is 1. The molecule has 0 spiro atoms. The second-order valence-corrected chi connectivity index (χ2v) is 4.35. The summed E-state index contributed by atoms with van der Waals surface area (Å²) >= 11 is 5.83. The molecular weight excluding hydrogens is 252 g/mol. The second kappa shape index (κ2) is 5.71. The molecule has 0 atom stereocenters. The smallest absolute Gasteiger partial charge is 0.244 e. The first-order valence-electron chi connectivity index (χ1n) is 5.48. The SMILES string of the molecule is O=C(Cn1ccc(CO)c1)Nc1cccc(Cl)c1. The van der Waals surface area contributed by atoms with Crippen LogP contribution in [0.25, 0.3) is 0 Å². The number of benzene rings is 1. The Kier molecular flexibility index (Phi) is 4.02. The molecule has 2 aromatic rings. The standard InChI is InChI=1S/C13H13ClN2O2/c14-11-2-1-3-12(6-11)15-13(18)8-16-5-4-10(7-16)9-17/h1-7,17H,8-9H2,(H,15,18). The highest BCUT2D eigenvalue weighted by molar-refractivity contribution is 6.30. The highest BCUT2D eigenvalue weighted by atomic mass is 35.5. The van der Waals surface area contributed by atoms with Crippen LogP contribution in [0.15, 0.2) is 42.7 Å². The summed E-state index contributed by atoms with van der Waals surface area (Å²) in [6.45, 7) is 0.176. The molecule has 0 bridgehead atoms. The van der Waals surface area contributed by atoms with Crippen molar-refractivity contribution in [3.63, 3.8) is 0 Å². The molecule has 18 heavy (non-hydrogen) atoms. The summed E-state index contributed by atoms with van der Waals surface area (Å²) < 4.78 is 1.71. The Morgan fingerprint density at radius 1 is 1.39 bits per heavy atom. The number of halogens is 1. The zero-order valence-corrected chi connectivity index (χ0v) is 10.4. The van der Waals surface area contributed by atoms with Crippen molar-refractivity contribution in [2.45, 2.75) is 13.2 Å². The summed E-state index contributed by atoms with van der Waals surface area (Å²) in [5.41, 5.74) is 1.45. The third-order valence-electron chi connectivity index (χ3n) is 2.43. The zero-order valence-electron chi connectivity index (χ0n) is 9.64. The van der Waals surface area contributed by atoms with Crippen LogP contribution in [0, 0.1) is 0 Å².